The van der Waals surface area contributed by atoms with Gasteiger partial charge in [0.05, 0.1) is 11.4 Å². The van der Waals surface area contributed by atoms with Gasteiger partial charge in [0.2, 0.25) is 5.91 Å². The number of carbonyl (C=O) groups excluding carboxylic acids is 1. The van der Waals surface area contributed by atoms with Gasteiger partial charge in [0, 0.05) is 0 Å². The van der Waals surface area contributed by atoms with E-state index in [2.05, 4.69) is 15.6 Å². The second-order valence-electron chi connectivity index (χ2n) is 5.53. The van der Waals surface area contributed by atoms with Crippen molar-refractivity contribution >= 4 is 16.8 Å². The van der Waals surface area contributed by atoms with Gasteiger partial charge in [-0.25, -0.2) is 13.5 Å². The van der Waals surface area contributed by atoms with Gasteiger partial charge in [-0.2, -0.15) is 0 Å². The van der Waals surface area contributed by atoms with Crippen LogP contribution in [0.2, 0.25) is 0 Å². The Morgan fingerprint density at radius 2 is 1.96 bits per heavy atom. The number of halogens is 2. The highest BCUT2D eigenvalue weighted by Crippen LogP contribution is 2.15. The standard InChI is InChI=1S/C17H14F2N4O2/c1-10(11-6-7-13(18)14(19)8-11)20-16(24)9-23-17(25)12-4-2-3-5-15(12)21-22-23/h2-8,10H,9H2,1H3,(H,20,24). The molecule has 0 spiro atoms. The van der Waals surface area contributed by atoms with Crippen molar-refractivity contribution in [3.05, 3.63) is 70.0 Å². The van der Waals surface area contributed by atoms with Crippen molar-refractivity contribution < 1.29 is 13.6 Å². The van der Waals surface area contributed by atoms with Crippen molar-refractivity contribution in [1.82, 2.24) is 20.3 Å². The fourth-order valence-electron chi connectivity index (χ4n) is 2.42. The van der Waals surface area contributed by atoms with E-state index in [4.69, 9.17) is 0 Å². The molecule has 2 aromatic carbocycles. The minimum atomic E-state index is -0.991. The molecule has 1 aromatic heterocycles. The molecule has 6 nitrogen and oxygen atoms in total. The van der Waals surface area contributed by atoms with E-state index < -0.39 is 29.1 Å². The molecule has 128 valence electrons. The topological polar surface area (TPSA) is 76.9 Å². The van der Waals surface area contributed by atoms with Gasteiger partial charge >= 0.3 is 0 Å². The van der Waals surface area contributed by atoms with Crippen molar-refractivity contribution in [2.45, 2.75) is 19.5 Å². The van der Waals surface area contributed by atoms with E-state index in [-0.39, 0.29) is 6.54 Å². The molecule has 1 unspecified atom stereocenters. The van der Waals surface area contributed by atoms with Gasteiger partial charge in [-0.15, -0.1) is 5.10 Å². The van der Waals surface area contributed by atoms with Crippen molar-refractivity contribution in [1.29, 1.82) is 0 Å². The summed E-state index contributed by atoms with van der Waals surface area (Å²) >= 11 is 0. The molecule has 0 bridgehead atoms. The van der Waals surface area contributed by atoms with E-state index in [1.165, 1.54) is 6.07 Å². The zero-order chi connectivity index (χ0) is 18.0. The molecule has 1 amide bonds. The average Bonchev–Trinajstić information content (AvgIpc) is 2.60. The number of carbonyl (C=O) groups is 1. The first-order valence-electron chi connectivity index (χ1n) is 7.52. The first-order chi connectivity index (χ1) is 12.0. The lowest BCUT2D eigenvalue weighted by molar-refractivity contribution is -0.122. The van der Waals surface area contributed by atoms with Gasteiger partial charge in [-0.3, -0.25) is 9.59 Å². The number of hydrogen-bond donors (Lipinski definition) is 1. The highest BCUT2D eigenvalue weighted by Gasteiger charge is 2.14. The van der Waals surface area contributed by atoms with E-state index in [0.29, 0.717) is 16.5 Å². The van der Waals surface area contributed by atoms with Crippen LogP contribution in [0.5, 0.6) is 0 Å². The van der Waals surface area contributed by atoms with Crippen LogP contribution in [0.15, 0.2) is 47.3 Å². The lowest BCUT2D eigenvalue weighted by Crippen LogP contribution is -2.35. The maximum atomic E-state index is 13.3. The molecule has 0 fully saturated rings. The van der Waals surface area contributed by atoms with Crippen LogP contribution in [-0.2, 0) is 11.3 Å². The van der Waals surface area contributed by atoms with Crippen LogP contribution in [0, 0.1) is 11.6 Å². The highest BCUT2D eigenvalue weighted by molar-refractivity contribution is 5.78. The first kappa shape index (κ1) is 16.7. The number of rotatable bonds is 4. The summed E-state index contributed by atoms with van der Waals surface area (Å²) in [6, 6.07) is 9.51. The van der Waals surface area contributed by atoms with E-state index in [9.17, 15) is 18.4 Å². The second-order valence-corrected chi connectivity index (χ2v) is 5.53. The summed E-state index contributed by atoms with van der Waals surface area (Å²) in [6.45, 7) is 1.30. The number of benzene rings is 2. The molecule has 25 heavy (non-hydrogen) atoms. The Bertz CT molecular complexity index is 1000. The van der Waals surface area contributed by atoms with Crippen molar-refractivity contribution in [2.75, 3.05) is 0 Å². The molecular weight excluding hydrogens is 330 g/mol. The number of nitrogens with zero attached hydrogens (tertiary/aromatic N) is 3. The molecule has 1 atom stereocenters. The summed E-state index contributed by atoms with van der Waals surface area (Å²) in [7, 11) is 0. The first-order valence-corrected chi connectivity index (χ1v) is 7.52. The average molecular weight is 344 g/mol. The number of fused-ring (bicyclic) bond motifs is 1. The summed E-state index contributed by atoms with van der Waals surface area (Å²) in [5.74, 6) is -2.45. The third-order valence-electron chi connectivity index (χ3n) is 3.74. The quantitative estimate of drug-likeness (QED) is 0.785. The number of amides is 1. The predicted octanol–water partition coefficient (Wildman–Crippen LogP) is 1.95. The molecule has 3 aromatic rings. The largest absolute Gasteiger partial charge is 0.348 e. The van der Waals surface area contributed by atoms with E-state index in [1.807, 2.05) is 0 Å². The maximum Gasteiger partial charge on any atom is 0.278 e. The van der Waals surface area contributed by atoms with Gasteiger partial charge in [-0.1, -0.05) is 23.4 Å². The molecular formula is C17H14F2N4O2. The van der Waals surface area contributed by atoms with Crippen LogP contribution in [0.25, 0.3) is 10.9 Å². The Morgan fingerprint density at radius 1 is 1.20 bits per heavy atom. The Hall–Kier alpha value is -3.16. The summed E-state index contributed by atoms with van der Waals surface area (Å²) in [5, 5.41) is 10.6. The molecule has 0 aliphatic rings. The normalized spacial score (nSPS) is 12.1. The van der Waals surface area contributed by atoms with Crippen LogP contribution in [-0.4, -0.2) is 20.9 Å². The van der Waals surface area contributed by atoms with E-state index >= 15 is 0 Å². The lowest BCUT2D eigenvalue weighted by atomic mass is 10.1. The number of nitrogens with one attached hydrogen (secondary N) is 1. The Balaban J connectivity index is 1.75. The molecule has 0 saturated heterocycles. The molecule has 0 saturated carbocycles. The number of hydrogen-bond acceptors (Lipinski definition) is 4. The molecule has 0 aliphatic heterocycles. The van der Waals surface area contributed by atoms with Crippen LogP contribution in [0.1, 0.15) is 18.5 Å². The van der Waals surface area contributed by atoms with Crippen LogP contribution >= 0.6 is 0 Å². The van der Waals surface area contributed by atoms with Gasteiger partial charge in [0.25, 0.3) is 5.56 Å². The van der Waals surface area contributed by atoms with Gasteiger partial charge in [0.15, 0.2) is 11.6 Å². The fraction of sp³-hybridized carbons (Fsp3) is 0.176. The predicted molar refractivity (Wildman–Crippen MR) is 86.7 cm³/mol. The Morgan fingerprint density at radius 3 is 2.72 bits per heavy atom. The zero-order valence-electron chi connectivity index (χ0n) is 13.2. The van der Waals surface area contributed by atoms with Gasteiger partial charge in [0.1, 0.15) is 12.1 Å². The second kappa shape index (κ2) is 6.76. The monoisotopic (exact) mass is 344 g/mol. The summed E-state index contributed by atoms with van der Waals surface area (Å²) in [5.41, 5.74) is 0.421. The van der Waals surface area contributed by atoms with Gasteiger partial charge < -0.3 is 5.32 Å². The zero-order valence-corrected chi connectivity index (χ0v) is 13.2. The van der Waals surface area contributed by atoms with E-state index in [0.717, 1.165) is 16.8 Å². The third kappa shape index (κ3) is 3.52. The smallest absolute Gasteiger partial charge is 0.278 e. The minimum Gasteiger partial charge on any atom is -0.348 e. The molecule has 1 heterocycles. The molecule has 1 N–H and O–H groups in total. The molecule has 0 radical (unpaired) electrons. The van der Waals surface area contributed by atoms with Crippen molar-refractivity contribution in [3.8, 4) is 0 Å². The minimum absolute atomic E-state index is 0.329. The lowest BCUT2D eigenvalue weighted by Gasteiger charge is -2.14. The van der Waals surface area contributed by atoms with Gasteiger partial charge in [-0.05, 0) is 36.8 Å². The van der Waals surface area contributed by atoms with Crippen LogP contribution in [0.4, 0.5) is 8.78 Å². The van der Waals surface area contributed by atoms with Crippen LogP contribution < -0.4 is 10.9 Å². The fourth-order valence-corrected chi connectivity index (χ4v) is 2.42. The van der Waals surface area contributed by atoms with Crippen LogP contribution in [0.3, 0.4) is 0 Å². The Labute approximate surface area is 141 Å². The molecule has 8 heteroatoms. The number of aromatic nitrogens is 3. The van der Waals surface area contributed by atoms with Crippen molar-refractivity contribution in [3.63, 3.8) is 0 Å². The van der Waals surface area contributed by atoms with E-state index in [1.54, 1.807) is 31.2 Å². The maximum absolute atomic E-state index is 13.3. The highest BCUT2D eigenvalue weighted by atomic mass is 19.2. The summed E-state index contributed by atoms with van der Waals surface area (Å²) in [6.07, 6.45) is 0. The molecule has 0 aliphatic carbocycles. The summed E-state index contributed by atoms with van der Waals surface area (Å²) in [4.78, 5) is 24.4. The summed E-state index contributed by atoms with van der Waals surface area (Å²) < 4.78 is 27.2. The third-order valence-corrected chi connectivity index (χ3v) is 3.74. The Kier molecular flexibility index (Phi) is 4.51. The SMILES string of the molecule is CC(NC(=O)Cn1nnc2ccccc2c1=O)c1ccc(F)c(F)c1. The van der Waals surface area contributed by atoms with Crippen molar-refractivity contribution in [2.24, 2.45) is 0 Å². The molecule has 3 rings (SSSR count).